The molecular formula is C12H14N2O8S2. The lowest BCUT2D eigenvalue weighted by molar-refractivity contribution is -0.156. The lowest BCUT2D eigenvalue weighted by Crippen LogP contribution is -2.51. The average molecular weight is 378 g/mol. The minimum absolute atomic E-state index is 0.0112. The second-order valence-electron chi connectivity index (χ2n) is 4.62. The van der Waals surface area contributed by atoms with Crippen LogP contribution in [0.3, 0.4) is 0 Å². The van der Waals surface area contributed by atoms with Crippen molar-refractivity contribution in [2.75, 3.05) is 11.5 Å². The van der Waals surface area contributed by atoms with Crippen LogP contribution in [-0.4, -0.2) is 73.5 Å². The van der Waals surface area contributed by atoms with Crippen LogP contribution in [0.2, 0.25) is 0 Å². The van der Waals surface area contributed by atoms with E-state index in [-0.39, 0.29) is 11.5 Å². The van der Waals surface area contributed by atoms with E-state index >= 15 is 0 Å². The van der Waals surface area contributed by atoms with Gasteiger partial charge in [0.2, 0.25) is 5.91 Å². The molecule has 12 heteroatoms. The highest BCUT2D eigenvalue weighted by molar-refractivity contribution is 8.76. The van der Waals surface area contributed by atoms with Gasteiger partial charge in [0.1, 0.15) is 12.1 Å². The summed E-state index contributed by atoms with van der Waals surface area (Å²) in [5.41, 5.74) is 4.89. The molecule has 1 aliphatic heterocycles. The molecule has 0 radical (unpaired) electrons. The van der Waals surface area contributed by atoms with Crippen molar-refractivity contribution in [1.29, 1.82) is 0 Å². The smallest absolute Gasteiger partial charge is 0.332 e. The number of amides is 2. The lowest BCUT2D eigenvalue weighted by atomic mass is 10.1. The van der Waals surface area contributed by atoms with Gasteiger partial charge in [-0.2, -0.15) is 0 Å². The molecule has 0 aromatic rings. The van der Waals surface area contributed by atoms with Crippen molar-refractivity contribution in [3.63, 3.8) is 0 Å². The Balaban J connectivity index is 2.73. The van der Waals surface area contributed by atoms with E-state index in [1.54, 1.807) is 0 Å². The molecule has 0 aliphatic carbocycles. The van der Waals surface area contributed by atoms with Crippen LogP contribution in [0.15, 0.2) is 11.6 Å². The van der Waals surface area contributed by atoms with Gasteiger partial charge in [-0.15, -0.1) is 0 Å². The summed E-state index contributed by atoms with van der Waals surface area (Å²) in [6.07, 6.45) is 0.143. The number of hydrogen-bond donors (Lipinski definition) is 4. The lowest BCUT2D eigenvalue weighted by Gasteiger charge is -2.28. The SMILES string of the molecule is NC(CSSCC(C(=O)O)N1C(=O)C=C(C(=O)O)CC1=O)C(=O)O. The van der Waals surface area contributed by atoms with Gasteiger partial charge in [0.25, 0.3) is 5.91 Å². The minimum Gasteiger partial charge on any atom is -0.480 e. The van der Waals surface area contributed by atoms with E-state index in [1.165, 1.54) is 0 Å². The highest BCUT2D eigenvalue weighted by Gasteiger charge is 2.38. The summed E-state index contributed by atoms with van der Waals surface area (Å²) < 4.78 is 0. The fraction of sp³-hybridized carbons (Fsp3) is 0.417. The molecule has 24 heavy (non-hydrogen) atoms. The van der Waals surface area contributed by atoms with Crippen molar-refractivity contribution in [3.05, 3.63) is 11.6 Å². The number of nitrogens with zero attached hydrogens (tertiary/aromatic N) is 1. The van der Waals surface area contributed by atoms with Crippen LogP contribution in [0.1, 0.15) is 6.42 Å². The maximum Gasteiger partial charge on any atom is 0.332 e. The van der Waals surface area contributed by atoms with Crippen LogP contribution < -0.4 is 5.73 Å². The van der Waals surface area contributed by atoms with E-state index in [9.17, 15) is 29.1 Å². The summed E-state index contributed by atoms with van der Waals surface area (Å²) >= 11 is 0. The van der Waals surface area contributed by atoms with E-state index in [1.807, 2.05) is 0 Å². The van der Waals surface area contributed by atoms with Crippen LogP contribution in [0.25, 0.3) is 0 Å². The van der Waals surface area contributed by atoms with Gasteiger partial charge in [-0.1, -0.05) is 21.6 Å². The third kappa shape index (κ3) is 5.25. The molecule has 0 aromatic heterocycles. The maximum absolute atomic E-state index is 11.9. The Labute approximate surface area is 143 Å². The number of carboxylic acids is 3. The molecule has 0 saturated carbocycles. The molecule has 0 bridgehead atoms. The predicted octanol–water partition coefficient (Wildman–Crippen LogP) is -0.997. The Hall–Kier alpha value is -2.05. The normalized spacial score (nSPS) is 17.2. The molecule has 10 nitrogen and oxygen atoms in total. The Morgan fingerprint density at radius 1 is 1.12 bits per heavy atom. The summed E-state index contributed by atoms with van der Waals surface area (Å²) in [5, 5.41) is 26.6. The Bertz CT molecular complexity index is 606. The second-order valence-corrected chi connectivity index (χ2v) is 7.17. The van der Waals surface area contributed by atoms with Crippen LogP contribution in [0.5, 0.6) is 0 Å². The molecule has 0 fully saturated rings. The van der Waals surface area contributed by atoms with Gasteiger partial charge in [0, 0.05) is 17.6 Å². The maximum atomic E-state index is 11.9. The Kier molecular flexibility index (Phi) is 7.25. The van der Waals surface area contributed by atoms with Gasteiger partial charge in [0.15, 0.2) is 0 Å². The zero-order valence-electron chi connectivity index (χ0n) is 12.1. The first-order valence-electron chi connectivity index (χ1n) is 6.40. The first-order chi connectivity index (χ1) is 11.1. The van der Waals surface area contributed by atoms with Crippen LogP contribution in [-0.2, 0) is 24.0 Å². The van der Waals surface area contributed by atoms with E-state index in [0.717, 1.165) is 27.7 Å². The third-order valence-electron chi connectivity index (χ3n) is 2.89. The van der Waals surface area contributed by atoms with Crippen molar-refractivity contribution in [2.45, 2.75) is 18.5 Å². The van der Waals surface area contributed by atoms with E-state index < -0.39 is 53.8 Å². The van der Waals surface area contributed by atoms with Gasteiger partial charge in [0.05, 0.1) is 12.0 Å². The van der Waals surface area contributed by atoms with Crippen molar-refractivity contribution < 1.29 is 39.3 Å². The van der Waals surface area contributed by atoms with Crippen LogP contribution in [0.4, 0.5) is 0 Å². The number of rotatable bonds is 9. The molecule has 1 aliphatic rings. The molecule has 2 atom stereocenters. The highest BCUT2D eigenvalue weighted by atomic mass is 33.1. The van der Waals surface area contributed by atoms with Crippen LogP contribution in [0, 0.1) is 0 Å². The average Bonchev–Trinajstić information content (AvgIpc) is 2.47. The molecule has 1 rings (SSSR count). The van der Waals surface area contributed by atoms with Crippen molar-refractivity contribution in [1.82, 2.24) is 4.90 Å². The number of aliphatic carboxylic acids is 3. The zero-order valence-corrected chi connectivity index (χ0v) is 13.7. The van der Waals surface area contributed by atoms with Gasteiger partial charge >= 0.3 is 17.9 Å². The zero-order chi connectivity index (χ0) is 18.4. The molecule has 132 valence electrons. The predicted molar refractivity (Wildman–Crippen MR) is 84.1 cm³/mol. The molecule has 0 aromatic carbocycles. The second kappa shape index (κ2) is 8.70. The summed E-state index contributed by atoms with van der Waals surface area (Å²) in [6.45, 7) is 0. The van der Waals surface area contributed by atoms with Gasteiger partial charge in [-0.3, -0.25) is 19.3 Å². The first kappa shape index (κ1) is 20.0. The fourth-order valence-corrected chi connectivity index (χ4v) is 3.97. The van der Waals surface area contributed by atoms with Gasteiger partial charge in [-0.25, -0.2) is 9.59 Å². The number of hydrogen-bond acceptors (Lipinski definition) is 8. The molecule has 1 heterocycles. The van der Waals surface area contributed by atoms with E-state index in [4.69, 9.17) is 15.9 Å². The van der Waals surface area contributed by atoms with Crippen molar-refractivity contribution >= 4 is 51.3 Å². The Morgan fingerprint density at radius 2 is 1.71 bits per heavy atom. The molecule has 2 unspecified atom stereocenters. The standard InChI is InChI=1S/C12H14N2O8S2/c13-6(11(19)20)3-23-24-4-7(12(21)22)14-8(15)1-5(10(17)18)2-9(14)16/h1,6-7H,2-4,13H2,(H,17,18)(H,19,20)(H,21,22). The van der Waals surface area contributed by atoms with Crippen LogP contribution >= 0.6 is 21.6 Å². The largest absolute Gasteiger partial charge is 0.480 e. The minimum atomic E-state index is -1.49. The molecule has 2 amide bonds. The third-order valence-corrected chi connectivity index (χ3v) is 5.32. The summed E-state index contributed by atoms with van der Waals surface area (Å²) in [5.74, 6) is -6.16. The number of carbonyl (C=O) groups excluding carboxylic acids is 2. The number of carboxylic acid groups (broad SMARTS) is 3. The monoisotopic (exact) mass is 378 g/mol. The number of imide groups is 1. The highest BCUT2D eigenvalue weighted by Crippen LogP contribution is 2.26. The summed E-state index contributed by atoms with van der Waals surface area (Å²) in [6, 6.07) is -2.61. The fourth-order valence-electron chi connectivity index (χ4n) is 1.67. The topological polar surface area (TPSA) is 175 Å². The molecule has 5 N–H and O–H groups in total. The quantitative estimate of drug-likeness (QED) is 0.220. The van der Waals surface area contributed by atoms with E-state index in [2.05, 4.69) is 0 Å². The molecule has 0 saturated heterocycles. The van der Waals surface area contributed by atoms with Crippen molar-refractivity contribution in [3.8, 4) is 0 Å². The summed E-state index contributed by atoms with van der Waals surface area (Å²) in [7, 11) is 1.95. The van der Waals surface area contributed by atoms with Gasteiger partial charge in [-0.05, 0) is 0 Å². The number of nitrogens with two attached hydrogens (primary N) is 1. The van der Waals surface area contributed by atoms with Crippen molar-refractivity contribution in [2.24, 2.45) is 5.73 Å². The molecular weight excluding hydrogens is 364 g/mol. The molecule has 0 spiro atoms. The van der Waals surface area contributed by atoms with Gasteiger partial charge < -0.3 is 21.1 Å². The van der Waals surface area contributed by atoms with E-state index in [0.29, 0.717) is 4.90 Å². The number of carbonyl (C=O) groups is 5. The first-order valence-corrected chi connectivity index (χ1v) is 8.89. The summed E-state index contributed by atoms with van der Waals surface area (Å²) in [4.78, 5) is 57.0. The Morgan fingerprint density at radius 3 is 2.17 bits per heavy atom.